The Morgan fingerprint density at radius 3 is 2.52 bits per heavy atom. The van der Waals surface area contributed by atoms with E-state index in [0.717, 1.165) is 17.5 Å². The number of aryl methyl sites for hydroxylation is 1. The second-order valence-corrected chi connectivity index (χ2v) is 7.82. The van der Waals surface area contributed by atoms with E-state index in [1.54, 1.807) is 18.2 Å². The van der Waals surface area contributed by atoms with Crippen molar-refractivity contribution in [3.8, 4) is 5.75 Å². The average Bonchev–Trinajstić information content (AvgIpc) is 2.67. The van der Waals surface area contributed by atoms with Crippen LogP contribution in [0.5, 0.6) is 5.75 Å². The molecule has 3 aromatic carbocycles. The summed E-state index contributed by atoms with van der Waals surface area (Å²) >= 11 is 0. The summed E-state index contributed by atoms with van der Waals surface area (Å²) in [6.07, 6.45) is 1.69. The van der Waals surface area contributed by atoms with E-state index >= 15 is 0 Å². The molecule has 3 unspecified atom stereocenters. The fourth-order valence-corrected chi connectivity index (χ4v) is 4.60. The maximum Gasteiger partial charge on any atom is 0.126 e. The number of rotatable bonds is 3. The number of benzene rings is 3. The largest absolute Gasteiger partial charge is 0.508 e. The molecular formula is C25H25FO. The van der Waals surface area contributed by atoms with E-state index in [-0.39, 0.29) is 11.7 Å². The number of hydrogen-bond donors (Lipinski definition) is 1. The number of hydrogen-bond acceptors (Lipinski definition) is 1. The van der Waals surface area contributed by atoms with Crippen molar-refractivity contribution in [2.24, 2.45) is 5.92 Å². The molecule has 2 heteroatoms. The van der Waals surface area contributed by atoms with Crippen molar-refractivity contribution in [2.75, 3.05) is 0 Å². The first-order valence-electron chi connectivity index (χ1n) is 9.65. The van der Waals surface area contributed by atoms with Crippen molar-refractivity contribution >= 4 is 0 Å². The molecule has 1 aliphatic rings. The molecule has 0 amide bonds. The van der Waals surface area contributed by atoms with Gasteiger partial charge in [-0.3, -0.25) is 0 Å². The zero-order valence-electron chi connectivity index (χ0n) is 15.8. The Bertz CT molecular complexity index is 962. The van der Waals surface area contributed by atoms with E-state index in [9.17, 15) is 9.50 Å². The van der Waals surface area contributed by atoms with Gasteiger partial charge >= 0.3 is 0 Å². The van der Waals surface area contributed by atoms with Gasteiger partial charge in [-0.05, 0) is 77.5 Å². The Hall–Kier alpha value is -2.61. The fourth-order valence-electron chi connectivity index (χ4n) is 4.60. The molecule has 1 nitrogen and oxygen atoms in total. The summed E-state index contributed by atoms with van der Waals surface area (Å²) in [5.41, 5.74) is 5.65. The number of phenolic OH excluding ortho intramolecular Hbond substituents is 1. The first kappa shape index (κ1) is 17.8. The average molecular weight is 360 g/mol. The number of phenols is 1. The molecular weight excluding hydrogens is 335 g/mol. The van der Waals surface area contributed by atoms with Crippen LogP contribution in [0.3, 0.4) is 0 Å². The minimum atomic E-state index is -0.121. The lowest BCUT2D eigenvalue weighted by molar-refractivity contribution is 0.346. The zero-order chi connectivity index (χ0) is 19.0. The monoisotopic (exact) mass is 360 g/mol. The zero-order valence-corrected chi connectivity index (χ0v) is 15.8. The first-order valence-corrected chi connectivity index (χ1v) is 9.65. The Balaban J connectivity index is 1.75. The molecule has 138 valence electrons. The van der Waals surface area contributed by atoms with Gasteiger partial charge in [-0.1, -0.05) is 61.5 Å². The molecule has 0 heterocycles. The standard InChI is InChI=1S/C25H25FO/c1-16-13-19(11-12-25(16)27)22-14-18-7-3-5-9-21(18)23(17(22)2)15-20-8-4-6-10-24(20)26/h3-13,17,22-23,27H,14-15H2,1-2H3. The molecule has 0 aliphatic heterocycles. The summed E-state index contributed by atoms with van der Waals surface area (Å²) in [5, 5.41) is 9.90. The lowest BCUT2D eigenvalue weighted by Crippen LogP contribution is -2.28. The van der Waals surface area contributed by atoms with E-state index in [4.69, 9.17) is 0 Å². The molecule has 0 aromatic heterocycles. The lowest BCUT2D eigenvalue weighted by Gasteiger charge is -2.38. The third-order valence-electron chi connectivity index (χ3n) is 6.21. The van der Waals surface area contributed by atoms with Crippen molar-refractivity contribution in [3.63, 3.8) is 0 Å². The minimum Gasteiger partial charge on any atom is -0.508 e. The second kappa shape index (κ2) is 7.19. The summed E-state index contributed by atoms with van der Waals surface area (Å²) in [7, 11) is 0. The van der Waals surface area contributed by atoms with Crippen LogP contribution in [0.2, 0.25) is 0 Å². The summed E-state index contributed by atoms with van der Waals surface area (Å²) < 4.78 is 14.3. The van der Waals surface area contributed by atoms with Crippen molar-refractivity contribution in [3.05, 3.63) is 100 Å². The predicted octanol–water partition coefficient (Wildman–Crippen LogP) is 6.14. The van der Waals surface area contributed by atoms with Gasteiger partial charge in [-0.15, -0.1) is 0 Å². The van der Waals surface area contributed by atoms with Gasteiger partial charge in [0.05, 0.1) is 0 Å². The van der Waals surface area contributed by atoms with E-state index in [1.807, 2.05) is 25.1 Å². The van der Waals surface area contributed by atoms with Crippen molar-refractivity contribution in [1.29, 1.82) is 0 Å². The summed E-state index contributed by atoms with van der Waals surface area (Å²) in [4.78, 5) is 0. The number of aromatic hydroxyl groups is 1. The van der Waals surface area contributed by atoms with Crippen LogP contribution in [0.15, 0.2) is 66.7 Å². The highest BCUT2D eigenvalue weighted by Crippen LogP contribution is 2.46. The van der Waals surface area contributed by atoms with Gasteiger partial charge in [0.25, 0.3) is 0 Å². The molecule has 1 N–H and O–H groups in total. The number of fused-ring (bicyclic) bond motifs is 1. The topological polar surface area (TPSA) is 20.2 Å². The van der Waals surface area contributed by atoms with Crippen LogP contribution >= 0.6 is 0 Å². The SMILES string of the molecule is Cc1cc(C2Cc3ccccc3C(Cc3ccccc3F)C2C)ccc1O. The summed E-state index contributed by atoms with van der Waals surface area (Å²) in [6, 6.07) is 21.6. The van der Waals surface area contributed by atoms with Crippen molar-refractivity contribution in [2.45, 2.75) is 38.5 Å². The van der Waals surface area contributed by atoms with Gasteiger partial charge in [-0.25, -0.2) is 4.39 Å². The molecule has 4 rings (SSSR count). The smallest absolute Gasteiger partial charge is 0.126 e. The predicted molar refractivity (Wildman–Crippen MR) is 108 cm³/mol. The van der Waals surface area contributed by atoms with E-state index < -0.39 is 0 Å². The highest BCUT2D eigenvalue weighted by Gasteiger charge is 2.35. The highest BCUT2D eigenvalue weighted by atomic mass is 19.1. The van der Waals surface area contributed by atoms with Crippen LogP contribution in [0.25, 0.3) is 0 Å². The van der Waals surface area contributed by atoms with Crippen molar-refractivity contribution in [1.82, 2.24) is 0 Å². The Labute approximate surface area is 160 Å². The first-order chi connectivity index (χ1) is 13.0. The van der Waals surface area contributed by atoms with Crippen LogP contribution < -0.4 is 0 Å². The second-order valence-electron chi connectivity index (χ2n) is 7.82. The van der Waals surface area contributed by atoms with Crippen LogP contribution in [0.4, 0.5) is 4.39 Å². The van der Waals surface area contributed by atoms with Gasteiger partial charge in [0.2, 0.25) is 0 Å². The third-order valence-corrected chi connectivity index (χ3v) is 6.21. The Morgan fingerprint density at radius 2 is 1.74 bits per heavy atom. The Morgan fingerprint density at radius 1 is 1.00 bits per heavy atom. The fraction of sp³-hybridized carbons (Fsp3) is 0.280. The van der Waals surface area contributed by atoms with Crippen LogP contribution in [0, 0.1) is 18.7 Å². The van der Waals surface area contributed by atoms with Gasteiger partial charge in [0.15, 0.2) is 0 Å². The van der Waals surface area contributed by atoms with E-state index in [2.05, 4.69) is 37.3 Å². The highest BCUT2D eigenvalue weighted by molar-refractivity contribution is 5.42. The van der Waals surface area contributed by atoms with Gasteiger partial charge in [0.1, 0.15) is 11.6 Å². The Kier molecular flexibility index (Phi) is 4.73. The summed E-state index contributed by atoms with van der Waals surface area (Å²) in [6.45, 7) is 4.23. The molecule has 3 atom stereocenters. The maximum atomic E-state index is 14.3. The van der Waals surface area contributed by atoms with Gasteiger partial charge < -0.3 is 5.11 Å². The van der Waals surface area contributed by atoms with Crippen LogP contribution in [-0.2, 0) is 12.8 Å². The van der Waals surface area contributed by atoms with E-state index in [0.29, 0.717) is 24.0 Å². The molecule has 1 aliphatic carbocycles. The molecule has 27 heavy (non-hydrogen) atoms. The molecule has 0 fully saturated rings. The van der Waals surface area contributed by atoms with E-state index in [1.165, 1.54) is 16.7 Å². The molecule has 0 bridgehead atoms. The minimum absolute atomic E-state index is 0.121. The molecule has 0 saturated carbocycles. The third kappa shape index (κ3) is 3.37. The summed E-state index contributed by atoms with van der Waals surface area (Å²) in [5.74, 6) is 1.22. The van der Waals surface area contributed by atoms with Crippen LogP contribution in [-0.4, -0.2) is 5.11 Å². The molecule has 0 saturated heterocycles. The lowest BCUT2D eigenvalue weighted by atomic mass is 9.66. The molecule has 0 radical (unpaired) electrons. The quantitative estimate of drug-likeness (QED) is 0.594. The maximum absolute atomic E-state index is 14.3. The van der Waals surface area contributed by atoms with Gasteiger partial charge in [-0.2, -0.15) is 0 Å². The van der Waals surface area contributed by atoms with Crippen molar-refractivity contribution < 1.29 is 9.50 Å². The normalized spacial score (nSPS) is 21.7. The van der Waals surface area contributed by atoms with Crippen LogP contribution in [0.1, 0.15) is 46.6 Å². The van der Waals surface area contributed by atoms with Gasteiger partial charge in [0, 0.05) is 0 Å². The number of halogens is 1. The molecule has 3 aromatic rings. The molecule has 0 spiro atoms.